The molecule has 0 atom stereocenters. The van der Waals surface area contributed by atoms with E-state index < -0.39 is 0 Å². The van der Waals surface area contributed by atoms with Crippen LogP contribution in [0.1, 0.15) is 21.8 Å². The second kappa shape index (κ2) is 3.10. The quantitative estimate of drug-likeness (QED) is 0.663. The second-order valence-electron chi connectivity index (χ2n) is 2.98. The molecular formula is C9H9N3O2. The number of nitrogens with zero attached hydrogens (tertiary/aromatic N) is 3. The van der Waals surface area contributed by atoms with Gasteiger partial charge >= 0.3 is 0 Å². The Hall–Kier alpha value is -1.91. The first kappa shape index (κ1) is 8.68. The molecule has 0 saturated carbocycles. The topological polar surface area (TPSA) is 60.9 Å². The molecule has 0 N–H and O–H groups in total. The lowest BCUT2D eigenvalue weighted by molar-refractivity contribution is 0.100. The van der Waals surface area contributed by atoms with Crippen molar-refractivity contribution in [3.05, 3.63) is 35.5 Å². The van der Waals surface area contributed by atoms with Crippen LogP contribution in [-0.2, 0) is 7.05 Å². The number of aromatic nitrogens is 3. The highest BCUT2D eigenvalue weighted by Gasteiger charge is 2.17. The van der Waals surface area contributed by atoms with Crippen molar-refractivity contribution in [2.24, 2.45) is 7.05 Å². The maximum atomic E-state index is 11.7. The van der Waals surface area contributed by atoms with Crippen molar-refractivity contribution in [2.75, 3.05) is 0 Å². The molecule has 0 bridgehead atoms. The van der Waals surface area contributed by atoms with Gasteiger partial charge in [-0.1, -0.05) is 0 Å². The molecule has 0 aliphatic rings. The molecule has 0 radical (unpaired) electrons. The molecule has 0 amide bonds. The number of rotatable bonds is 2. The summed E-state index contributed by atoms with van der Waals surface area (Å²) in [6.45, 7) is 1.81. The van der Waals surface area contributed by atoms with Crippen LogP contribution in [0.3, 0.4) is 0 Å². The van der Waals surface area contributed by atoms with Crippen molar-refractivity contribution in [1.82, 2.24) is 15.0 Å². The maximum Gasteiger partial charge on any atom is 0.250 e. The third-order valence-electron chi connectivity index (χ3n) is 1.90. The van der Waals surface area contributed by atoms with Gasteiger partial charge in [-0.3, -0.25) is 4.79 Å². The molecule has 2 heterocycles. The van der Waals surface area contributed by atoms with Crippen LogP contribution in [0.4, 0.5) is 0 Å². The summed E-state index contributed by atoms with van der Waals surface area (Å²) in [5.41, 5.74) is 1.10. The molecule has 0 aliphatic carbocycles. The molecule has 0 aliphatic heterocycles. The zero-order valence-corrected chi connectivity index (χ0v) is 7.89. The van der Waals surface area contributed by atoms with Gasteiger partial charge in [0.2, 0.25) is 5.78 Å². The number of ketones is 1. The second-order valence-corrected chi connectivity index (χ2v) is 2.98. The Labute approximate surface area is 80.3 Å². The first-order valence-electron chi connectivity index (χ1n) is 4.13. The van der Waals surface area contributed by atoms with Gasteiger partial charge in [-0.2, -0.15) is 9.90 Å². The van der Waals surface area contributed by atoms with Gasteiger partial charge in [0.1, 0.15) is 0 Å². The molecule has 0 saturated heterocycles. The third-order valence-corrected chi connectivity index (χ3v) is 1.90. The van der Waals surface area contributed by atoms with Crippen molar-refractivity contribution >= 4 is 5.78 Å². The maximum absolute atomic E-state index is 11.7. The Bertz CT molecular complexity index is 470. The van der Waals surface area contributed by atoms with Gasteiger partial charge in [-0.05, 0) is 18.6 Å². The van der Waals surface area contributed by atoms with Crippen molar-refractivity contribution in [1.29, 1.82) is 0 Å². The average molecular weight is 191 g/mol. The van der Waals surface area contributed by atoms with Crippen molar-refractivity contribution in [2.45, 2.75) is 6.92 Å². The molecule has 72 valence electrons. The van der Waals surface area contributed by atoms with Crippen LogP contribution in [0.5, 0.6) is 0 Å². The zero-order chi connectivity index (χ0) is 10.1. The Kier molecular flexibility index (Phi) is 1.92. The number of carbonyl (C=O) groups excluding carboxylic acids is 1. The van der Waals surface area contributed by atoms with E-state index in [0.717, 1.165) is 5.56 Å². The van der Waals surface area contributed by atoms with Crippen LogP contribution in [-0.4, -0.2) is 20.8 Å². The summed E-state index contributed by atoms with van der Waals surface area (Å²) in [5.74, 6) is 0.0890. The number of aryl methyl sites for hydroxylation is 2. The van der Waals surface area contributed by atoms with Crippen LogP contribution in [0.15, 0.2) is 22.9 Å². The lowest BCUT2D eigenvalue weighted by Crippen LogP contribution is -2.03. The van der Waals surface area contributed by atoms with Gasteiger partial charge in [-0.15, -0.1) is 5.10 Å². The predicted molar refractivity (Wildman–Crippen MR) is 47.9 cm³/mol. The highest BCUT2D eigenvalue weighted by molar-refractivity contribution is 6.06. The van der Waals surface area contributed by atoms with Crippen LogP contribution >= 0.6 is 0 Å². The van der Waals surface area contributed by atoms with Gasteiger partial charge in [0.25, 0.3) is 0 Å². The highest BCUT2D eigenvalue weighted by Crippen LogP contribution is 2.12. The van der Waals surface area contributed by atoms with Gasteiger partial charge < -0.3 is 4.42 Å². The summed E-state index contributed by atoms with van der Waals surface area (Å²) in [4.78, 5) is 13.1. The molecule has 5 heteroatoms. The van der Waals surface area contributed by atoms with E-state index >= 15 is 0 Å². The van der Waals surface area contributed by atoms with Crippen molar-refractivity contribution in [3.63, 3.8) is 0 Å². The molecule has 2 rings (SSSR count). The Balaban J connectivity index is 2.38. The predicted octanol–water partition coefficient (Wildman–Crippen LogP) is 0.948. The molecule has 0 fully saturated rings. The van der Waals surface area contributed by atoms with Crippen LogP contribution in [0.25, 0.3) is 0 Å². The van der Waals surface area contributed by atoms with E-state index in [1.807, 2.05) is 6.92 Å². The van der Waals surface area contributed by atoms with Gasteiger partial charge in [0, 0.05) is 7.05 Å². The van der Waals surface area contributed by atoms with Gasteiger partial charge in [0.05, 0.1) is 12.5 Å². The third kappa shape index (κ3) is 1.32. The van der Waals surface area contributed by atoms with Gasteiger partial charge in [-0.25, -0.2) is 0 Å². The number of hydrogen-bond acceptors (Lipinski definition) is 4. The molecule has 2 aromatic heterocycles. The molecule has 0 unspecified atom stereocenters. The van der Waals surface area contributed by atoms with E-state index in [-0.39, 0.29) is 5.78 Å². The molecule has 5 nitrogen and oxygen atoms in total. The summed E-state index contributed by atoms with van der Waals surface area (Å²) in [7, 11) is 1.66. The standard InChI is InChI=1S/C9H9N3O2/c1-6-3-4-14-9(6)8(13)7-5-10-12(2)11-7/h3-5H,1-2H3. The summed E-state index contributed by atoms with van der Waals surface area (Å²) < 4.78 is 5.06. The summed E-state index contributed by atoms with van der Waals surface area (Å²) in [5, 5.41) is 7.72. The lowest BCUT2D eigenvalue weighted by atomic mass is 10.2. The monoisotopic (exact) mass is 191 g/mol. The number of hydrogen-bond donors (Lipinski definition) is 0. The Morgan fingerprint density at radius 1 is 1.57 bits per heavy atom. The van der Waals surface area contributed by atoms with Crippen LogP contribution in [0, 0.1) is 6.92 Å². The molecule has 0 spiro atoms. The minimum absolute atomic E-state index is 0.236. The SMILES string of the molecule is Cc1ccoc1C(=O)c1cnn(C)n1. The van der Waals surface area contributed by atoms with Gasteiger partial charge in [0.15, 0.2) is 11.5 Å². The smallest absolute Gasteiger partial charge is 0.250 e. The van der Waals surface area contributed by atoms with Crippen molar-refractivity contribution in [3.8, 4) is 0 Å². The fraction of sp³-hybridized carbons (Fsp3) is 0.222. The normalized spacial score (nSPS) is 10.4. The fourth-order valence-electron chi connectivity index (χ4n) is 1.17. The average Bonchev–Trinajstić information content (AvgIpc) is 2.73. The molecular weight excluding hydrogens is 182 g/mol. The van der Waals surface area contributed by atoms with Crippen LogP contribution < -0.4 is 0 Å². The van der Waals surface area contributed by atoms with Crippen molar-refractivity contribution < 1.29 is 9.21 Å². The number of carbonyl (C=O) groups is 1. The highest BCUT2D eigenvalue weighted by atomic mass is 16.3. The van der Waals surface area contributed by atoms with Crippen LogP contribution in [0.2, 0.25) is 0 Å². The summed E-state index contributed by atoms with van der Waals surface area (Å²) in [6.07, 6.45) is 2.91. The van der Waals surface area contributed by atoms with E-state index in [1.54, 1.807) is 13.1 Å². The fourth-order valence-corrected chi connectivity index (χ4v) is 1.17. The molecule has 0 aromatic carbocycles. The van der Waals surface area contributed by atoms with E-state index in [0.29, 0.717) is 11.5 Å². The first-order chi connectivity index (χ1) is 6.68. The Morgan fingerprint density at radius 2 is 2.36 bits per heavy atom. The first-order valence-corrected chi connectivity index (χ1v) is 4.13. The van der Waals surface area contributed by atoms with E-state index in [1.165, 1.54) is 17.3 Å². The number of furan rings is 1. The minimum Gasteiger partial charge on any atom is -0.461 e. The summed E-state index contributed by atoms with van der Waals surface area (Å²) in [6, 6.07) is 1.74. The molecule has 2 aromatic rings. The van der Waals surface area contributed by atoms with E-state index in [2.05, 4.69) is 10.2 Å². The largest absolute Gasteiger partial charge is 0.461 e. The van der Waals surface area contributed by atoms with E-state index in [9.17, 15) is 4.79 Å². The summed E-state index contributed by atoms with van der Waals surface area (Å²) >= 11 is 0. The minimum atomic E-state index is -0.236. The Morgan fingerprint density at radius 3 is 2.86 bits per heavy atom. The zero-order valence-electron chi connectivity index (χ0n) is 7.89. The lowest BCUT2D eigenvalue weighted by Gasteiger charge is -1.92. The molecule has 14 heavy (non-hydrogen) atoms. The van der Waals surface area contributed by atoms with E-state index in [4.69, 9.17) is 4.42 Å².